The summed E-state index contributed by atoms with van der Waals surface area (Å²) >= 11 is 5.60. The summed E-state index contributed by atoms with van der Waals surface area (Å²) in [6, 6.07) is 0. The molecule has 17 heavy (non-hydrogen) atoms. The van der Waals surface area contributed by atoms with Crippen molar-refractivity contribution < 1.29 is 0 Å². The molecule has 1 aliphatic rings. The summed E-state index contributed by atoms with van der Waals surface area (Å²) in [7, 11) is 1.84. The summed E-state index contributed by atoms with van der Waals surface area (Å²) in [6.45, 7) is 4.37. The van der Waals surface area contributed by atoms with Gasteiger partial charge in [0.05, 0.1) is 4.47 Å². The highest BCUT2D eigenvalue weighted by Gasteiger charge is 2.22. The Hall–Kier alpha value is -0.490. The van der Waals surface area contributed by atoms with Crippen molar-refractivity contribution in [1.82, 2.24) is 9.97 Å². The van der Waals surface area contributed by atoms with Crippen LogP contribution in [0.2, 0.25) is 0 Å². The molecule has 1 unspecified atom stereocenters. The van der Waals surface area contributed by atoms with Gasteiger partial charge in [-0.3, -0.25) is 0 Å². The minimum absolute atomic E-state index is 0.675. The number of thioether (sulfide) groups is 1. The molecule has 4 nitrogen and oxygen atoms in total. The third-order valence-electron chi connectivity index (χ3n) is 2.84. The van der Waals surface area contributed by atoms with Crippen LogP contribution in [0.5, 0.6) is 0 Å². The Bertz CT molecular complexity index is 388. The predicted molar refractivity (Wildman–Crippen MR) is 78.0 cm³/mol. The standard InChI is InChI=1S/C11H17BrN4S/c1-3-8-7-16(4-5-17-8)10-9(12)6-14-11(13-2)15-10/h6,8H,3-5,7H2,1-2H3,(H,13,14,15). The Labute approximate surface area is 115 Å². The maximum absolute atomic E-state index is 4.53. The molecule has 1 aromatic heterocycles. The van der Waals surface area contributed by atoms with E-state index >= 15 is 0 Å². The molecule has 94 valence electrons. The molecule has 0 radical (unpaired) electrons. The van der Waals surface area contributed by atoms with Gasteiger partial charge in [0, 0.05) is 37.3 Å². The topological polar surface area (TPSA) is 41.1 Å². The SMILES string of the molecule is CCC1CN(c2nc(NC)ncc2Br)CCS1. The first-order valence-electron chi connectivity index (χ1n) is 5.81. The van der Waals surface area contributed by atoms with Crippen molar-refractivity contribution in [2.45, 2.75) is 18.6 Å². The van der Waals surface area contributed by atoms with Gasteiger partial charge >= 0.3 is 0 Å². The summed E-state index contributed by atoms with van der Waals surface area (Å²) in [5.41, 5.74) is 0. The van der Waals surface area contributed by atoms with Crippen LogP contribution in [0, 0.1) is 0 Å². The molecule has 1 aromatic rings. The van der Waals surface area contributed by atoms with Gasteiger partial charge in [-0.2, -0.15) is 16.7 Å². The first-order chi connectivity index (χ1) is 8.24. The van der Waals surface area contributed by atoms with E-state index in [0.717, 1.165) is 23.4 Å². The highest BCUT2D eigenvalue weighted by Crippen LogP contribution is 2.29. The molecule has 6 heteroatoms. The second-order valence-electron chi connectivity index (χ2n) is 3.96. The quantitative estimate of drug-likeness (QED) is 0.928. The van der Waals surface area contributed by atoms with Crippen molar-refractivity contribution in [3.8, 4) is 0 Å². The Kier molecular flexibility index (Phi) is 4.50. The Morgan fingerprint density at radius 2 is 2.47 bits per heavy atom. The normalized spacial score (nSPS) is 20.4. The highest BCUT2D eigenvalue weighted by atomic mass is 79.9. The van der Waals surface area contributed by atoms with Gasteiger partial charge in [-0.1, -0.05) is 6.92 Å². The molecule has 1 fully saturated rings. The molecule has 0 saturated carbocycles. The monoisotopic (exact) mass is 316 g/mol. The third-order valence-corrected chi connectivity index (χ3v) is 4.77. The van der Waals surface area contributed by atoms with Crippen LogP contribution >= 0.6 is 27.7 Å². The van der Waals surface area contributed by atoms with Crippen molar-refractivity contribution >= 4 is 39.5 Å². The number of rotatable bonds is 3. The zero-order valence-electron chi connectivity index (χ0n) is 10.1. The second kappa shape index (κ2) is 5.91. The van der Waals surface area contributed by atoms with Crippen LogP contribution < -0.4 is 10.2 Å². The predicted octanol–water partition coefficient (Wildman–Crippen LogP) is 2.61. The molecule has 0 bridgehead atoms. The number of anilines is 2. The van der Waals surface area contributed by atoms with E-state index in [1.165, 1.54) is 12.2 Å². The number of halogens is 1. The van der Waals surface area contributed by atoms with E-state index in [4.69, 9.17) is 0 Å². The number of nitrogens with one attached hydrogen (secondary N) is 1. The Morgan fingerprint density at radius 3 is 3.18 bits per heavy atom. The summed E-state index contributed by atoms with van der Waals surface area (Å²) in [4.78, 5) is 11.1. The van der Waals surface area contributed by atoms with Gasteiger partial charge in [0.15, 0.2) is 0 Å². The fourth-order valence-corrected chi connectivity index (χ4v) is 3.48. The van der Waals surface area contributed by atoms with E-state index in [-0.39, 0.29) is 0 Å². The molecular formula is C11H17BrN4S. The van der Waals surface area contributed by atoms with Crippen molar-refractivity contribution in [2.75, 3.05) is 36.1 Å². The molecule has 1 aliphatic heterocycles. The van der Waals surface area contributed by atoms with E-state index < -0.39 is 0 Å². The first-order valence-corrected chi connectivity index (χ1v) is 7.65. The van der Waals surface area contributed by atoms with Gasteiger partial charge in [0.25, 0.3) is 0 Å². The van der Waals surface area contributed by atoms with Crippen LogP contribution in [-0.4, -0.2) is 41.1 Å². The number of nitrogens with zero attached hydrogens (tertiary/aromatic N) is 3. The molecular weight excluding hydrogens is 300 g/mol. The smallest absolute Gasteiger partial charge is 0.224 e. The zero-order chi connectivity index (χ0) is 12.3. The van der Waals surface area contributed by atoms with E-state index in [1.807, 2.05) is 13.2 Å². The molecule has 1 N–H and O–H groups in total. The van der Waals surface area contributed by atoms with Gasteiger partial charge in [-0.25, -0.2) is 4.98 Å². The van der Waals surface area contributed by atoms with Crippen LogP contribution in [0.15, 0.2) is 10.7 Å². The molecule has 0 aromatic carbocycles. The van der Waals surface area contributed by atoms with Gasteiger partial charge in [-0.15, -0.1) is 0 Å². The van der Waals surface area contributed by atoms with Crippen LogP contribution in [0.4, 0.5) is 11.8 Å². The lowest BCUT2D eigenvalue weighted by Crippen LogP contribution is -2.38. The lowest BCUT2D eigenvalue weighted by atomic mass is 10.3. The average molecular weight is 317 g/mol. The lowest BCUT2D eigenvalue weighted by molar-refractivity contribution is 0.718. The molecule has 0 amide bonds. The van der Waals surface area contributed by atoms with Crippen LogP contribution in [0.1, 0.15) is 13.3 Å². The molecule has 1 saturated heterocycles. The van der Waals surface area contributed by atoms with Gasteiger partial charge in [0.1, 0.15) is 5.82 Å². The van der Waals surface area contributed by atoms with Crippen molar-refractivity contribution in [3.05, 3.63) is 10.7 Å². The third kappa shape index (κ3) is 3.04. The average Bonchev–Trinajstić information content (AvgIpc) is 2.39. The fraction of sp³-hybridized carbons (Fsp3) is 0.636. The van der Waals surface area contributed by atoms with E-state index in [9.17, 15) is 0 Å². The van der Waals surface area contributed by atoms with Crippen LogP contribution in [-0.2, 0) is 0 Å². The maximum atomic E-state index is 4.53. The van der Waals surface area contributed by atoms with Crippen LogP contribution in [0.25, 0.3) is 0 Å². The summed E-state index contributed by atoms with van der Waals surface area (Å²) in [5.74, 6) is 2.85. The summed E-state index contributed by atoms with van der Waals surface area (Å²) < 4.78 is 0.971. The molecule has 1 atom stereocenters. The molecule has 2 heterocycles. The minimum Gasteiger partial charge on any atom is -0.357 e. The zero-order valence-corrected chi connectivity index (χ0v) is 12.5. The van der Waals surface area contributed by atoms with Crippen molar-refractivity contribution in [3.63, 3.8) is 0 Å². The van der Waals surface area contributed by atoms with E-state index in [2.05, 4.69) is 54.8 Å². The number of hydrogen-bond donors (Lipinski definition) is 1. The Balaban J connectivity index is 2.20. The molecule has 2 rings (SSSR count). The first kappa shape index (κ1) is 13.0. The Morgan fingerprint density at radius 1 is 1.65 bits per heavy atom. The highest BCUT2D eigenvalue weighted by molar-refractivity contribution is 9.10. The summed E-state index contributed by atoms with van der Waals surface area (Å²) in [6.07, 6.45) is 3.03. The van der Waals surface area contributed by atoms with Crippen LogP contribution in [0.3, 0.4) is 0 Å². The van der Waals surface area contributed by atoms with Gasteiger partial charge in [-0.05, 0) is 22.4 Å². The fourth-order valence-electron chi connectivity index (χ4n) is 1.86. The number of aromatic nitrogens is 2. The largest absolute Gasteiger partial charge is 0.357 e. The maximum Gasteiger partial charge on any atom is 0.224 e. The number of hydrogen-bond acceptors (Lipinski definition) is 5. The van der Waals surface area contributed by atoms with Crippen molar-refractivity contribution in [1.29, 1.82) is 0 Å². The van der Waals surface area contributed by atoms with Crippen molar-refractivity contribution in [2.24, 2.45) is 0 Å². The minimum atomic E-state index is 0.675. The van der Waals surface area contributed by atoms with E-state index in [1.54, 1.807) is 0 Å². The molecule has 0 spiro atoms. The summed E-state index contributed by atoms with van der Waals surface area (Å²) in [5, 5.41) is 3.70. The second-order valence-corrected chi connectivity index (χ2v) is 6.22. The molecule has 0 aliphatic carbocycles. The van der Waals surface area contributed by atoms with Gasteiger partial charge < -0.3 is 10.2 Å². The van der Waals surface area contributed by atoms with E-state index in [0.29, 0.717) is 11.2 Å². The lowest BCUT2D eigenvalue weighted by Gasteiger charge is -2.33. The van der Waals surface area contributed by atoms with Gasteiger partial charge in [0.2, 0.25) is 5.95 Å².